The fourth-order valence-corrected chi connectivity index (χ4v) is 0.962. The summed E-state index contributed by atoms with van der Waals surface area (Å²) in [7, 11) is 1.23. The third kappa shape index (κ3) is 1.81. The van der Waals surface area contributed by atoms with Crippen LogP contribution in [0.15, 0.2) is 0 Å². The van der Waals surface area contributed by atoms with Crippen LogP contribution in [-0.2, 0) is 23.9 Å². The Kier molecular flexibility index (Phi) is 2.42. The van der Waals surface area contributed by atoms with Gasteiger partial charge in [-0.1, -0.05) is 0 Å². The van der Waals surface area contributed by atoms with Crippen molar-refractivity contribution < 1.29 is 23.9 Å². The van der Waals surface area contributed by atoms with E-state index in [2.05, 4.69) is 9.47 Å². The van der Waals surface area contributed by atoms with E-state index in [1.807, 2.05) is 0 Å². The number of hydrogen-bond acceptors (Lipinski definition) is 5. The summed E-state index contributed by atoms with van der Waals surface area (Å²) < 4.78 is 8.57. The van der Waals surface area contributed by atoms with Gasteiger partial charge in [-0.3, -0.25) is 14.4 Å². The number of hydrogen-bond donors (Lipinski definition) is 0. The number of esters is 3. The Morgan fingerprint density at radius 2 is 2.33 bits per heavy atom. The van der Waals surface area contributed by atoms with Crippen LogP contribution < -0.4 is 0 Å². The molecule has 0 aliphatic carbocycles. The number of carbonyl (C=O) groups is 3. The van der Waals surface area contributed by atoms with Crippen molar-refractivity contribution in [2.45, 2.75) is 12.8 Å². The van der Waals surface area contributed by atoms with Gasteiger partial charge in [0.05, 0.1) is 25.9 Å². The molecule has 0 aromatic heterocycles. The van der Waals surface area contributed by atoms with Crippen molar-refractivity contribution >= 4 is 17.9 Å². The fourth-order valence-electron chi connectivity index (χ4n) is 0.962. The van der Waals surface area contributed by atoms with Gasteiger partial charge in [-0.25, -0.2) is 0 Å². The Morgan fingerprint density at radius 3 is 2.75 bits per heavy atom. The SMILES string of the molecule is COC(=O)C[C@@H]1CC(=O)OC1=O. The molecule has 12 heavy (non-hydrogen) atoms. The summed E-state index contributed by atoms with van der Waals surface area (Å²) in [6, 6.07) is 0. The van der Waals surface area contributed by atoms with E-state index in [-0.39, 0.29) is 12.8 Å². The molecule has 1 rings (SSSR count). The van der Waals surface area contributed by atoms with Crippen molar-refractivity contribution in [2.24, 2.45) is 5.92 Å². The van der Waals surface area contributed by atoms with Crippen LogP contribution in [-0.4, -0.2) is 25.0 Å². The normalized spacial score (nSPS) is 22.2. The second kappa shape index (κ2) is 3.34. The van der Waals surface area contributed by atoms with E-state index in [1.165, 1.54) is 7.11 Å². The summed E-state index contributed by atoms with van der Waals surface area (Å²) in [4.78, 5) is 32.0. The molecule has 1 saturated heterocycles. The van der Waals surface area contributed by atoms with E-state index in [0.29, 0.717) is 0 Å². The number of carbonyl (C=O) groups excluding carboxylic acids is 3. The lowest BCUT2D eigenvalue weighted by Crippen LogP contribution is -2.14. The Balaban J connectivity index is 2.48. The Hall–Kier alpha value is -1.39. The highest BCUT2D eigenvalue weighted by atomic mass is 16.6. The van der Waals surface area contributed by atoms with Crippen molar-refractivity contribution in [1.29, 1.82) is 0 Å². The minimum absolute atomic E-state index is 0.0199. The van der Waals surface area contributed by atoms with Crippen LogP contribution in [0, 0.1) is 5.92 Å². The van der Waals surface area contributed by atoms with Gasteiger partial charge in [0, 0.05) is 0 Å². The van der Waals surface area contributed by atoms with E-state index in [4.69, 9.17) is 0 Å². The number of rotatable bonds is 2. The van der Waals surface area contributed by atoms with Gasteiger partial charge in [-0.2, -0.15) is 0 Å². The maximum Gasteiger partial charge on any atom is 0.317 e. The Bertz CT molecular complexity index is 232. The standard InChI is InChI=1S/C7H8O5/c1-11-5(8)2-4-3-6(9)12-7(4)10/h4H,2-3H2,1H3/t4-/m1/s1. The molecule has 1 aliphatic rings. The first-order valence-corrected chi connectivity index (χ1v) is 3.45. The molecule has 0 unspecified atom stereocenters. The smallest absolute Gasteiger partial charge is 0.317 e. The first-order valence-electron chi connectivity index (χ1n) is 3.45. The zero-order valence-corrected chi connectivity index (χ0v) is 6.53. The van der Waals surface area contributed by atoms with Crippen LogP contribution in [0.3, 0.4) is 0 Å². The quantitative estimate of drug-likeness (QED) is 0.420. The van der Waals surface area contributed by atoms with E-state index >= 15 is 0 Å². The maximum atomic E-state index is 10.8. The molecule has 5 nitrogen and oxygen atoms in total. The summed E-state index contributed by atoms with van der Waals surface area (Å²) in [5, 5.41) is 0. The molecule has 0 amide bonds. The zero-order valence-electron chi connectivity index (χ0n) is 6.53. The Morgan fingerprint density at radius 1 is 1.67 bits per heavy atom. The second-order valence-electron chi connectivity index (χ2n) is 2.47. The van der Waals surface area contributed by atoms with Crippen LogP contribution in [0.4, 0.5) is 0 Å². The third-order valence-corrected chi connectivity index (χ3v) is 1.60. The molecule has 0 saturated carbocycles. The summed E-state index contributed by atoms with van der Waals surface area (Å²) in [6.45, 7) is 0. The van der Waals surface area contributed by atoms with Crippen LogP contribution >= 0.6 is 0 Å². The van der Waals surface area contributed by atoms with Gasteiger partial charge in [-0.15, -0.1) is 0 Å². The van der Waals surface area contributed by atoms with Crippen LogP contribution in [0.1, 0.15) is 12.8 Å². The van der Waals surface area contributed by atoms with Gasteiger partial charge in [-0.05, 0) is 0 Å². The maximum absolute atomic E-state index is 10.8. The van der Waals surface area contributed by atoms with Crippen LogP contribution in [0.25, 0.3) is 0 Å². The summed E-state index contributed by atoms with van der Waals surface area (Å²) in [6.07, 6.45) is -0.102. The molecule has 0 bridgehead atoms. The summed E-state index contributed by atoms with van der Waals surface area (Å²) >= 11 is 0. The predicted octanol–water partition coefficient (Wildman–Crippen LogP) is -0.361. The molecule has 0 N–H and O–H groups in total. The van der Waals surface area contributed by atoms with Gasteiger partial charge in [0.2, 0.25) is 0 Å². The lowest BCUT2D eigenvalue weighted by atomic mass is 10.0. The minimum atomic E-state index is -0.648. The highest BCUT2D eigenvalue weighted by Gasteiger charge is 2.35. The van der Waals surface area contributed by atoms with Crippen LogP contribution in [0.2, 0.25) is 0 Å². The molecular weight excluding hydrogens is 164 g/mol. The molecule has 0 aromatic carbocycles. The van der Waals surface area contributed by atoms with E-state index in [1.54, 1.807) is 0 Å². The number of ether oxygens (including phenoxy) is 2. The van der Waals surface area contributed by atoms with E-state index in [0.717, 1.165) is 0 Å². The molecule has 66 valence electrons. The Labute approximate surface area is 68.6 Å². The van der Waals surface area contributed by atoms with Crippen molar-refractivity contribution in [1.82, 2.24) is 0 Å². The van der Waals surface area contributed by atoms with Gasteiger partial charge in [0.15, 0.2) is 0 Å². The van der Waals surface area contributed by atoms with E-state index < -0.39 is 23.8 Å². The molecule has 1 atom stereocenters. The number of cyclic esters (lactones) is 2. The van der Waals surface area contributed by atoms with E-state index in [9.17, 15) is 14.4 Å². The number of methoxy groups -OCH3 is 1. The highest BCUT2D eigenvalue weighted by molar-refractivity contribution is 5.96. The third-order valence-electron chi connectivity index (χ3n) is 1.60. The monoisotopic (exact) mass is 172 g/mol. The summed E-state index contributed by atoms with van der Waals surface area (Å²) in [5.41, 5.74) is 0. The zero-order chi connectivity index (χ0) is 9.14. The summed E-state index contributed by atoms with van der Waals surface area (Å²) in [5.74, 6) is -2.36. The minimum Gasteiger partial charge on any atom is -0.469 e. The molecule has 1 aliphatic heterocycles. The topological polar surface area (TPSA) is 69.7 Å². The van der Waals surface area contributed by atoms with Gasteiger partial charge < -0.3 is 9.47 Å². The average molecular weight is 172 g/mol. The predicted molar refractivity (Wildman–Crippen MR) is 35.8 cm³/mol. The molecule has 0 aromatic rings. The largest absolute Gasteiger partial charge is 0.469 e. The molecule has 0 radical (unpaired) electrons. The average Bonchev–Trinajstić information content (AvgIpc) is 2.30. The molecule has 0 spiro atoms. The van der Waals surface area contributed by atoms with Gasteiger partial charge in [0.1, 0.15) is 0 Å². The van der Waals surface area contributed by atoms with Crippen molar-refractivity contribution in [2.75, 3.05) is 7.11 Å². The van der Waals surface area contributed by atoms with Crippen molar-refractivity contribution in [3.05, 3.63) is 0 Å². The molecule has 5 heteroatoms. The fraction of sp³-hybridized carbons (Fsp3) is 0.571. The lowest BCUT2D eigenvalue weighted by Gasteiger charge is -2.00. The molecular formula is C7H8O5. The molecule has 1 heterocycles. The first kappa shape index (κ1) is 8.70. The second-order valence-corrected chi connectivity index (χ2v) is 2.47. The van der Waals surface area contributed by atoms with Crippen molar-refractivity contribution in [3.63, 3.8) is 0 Å². The van der Waals surface area contributed by atoms with Gasteiger partial charge in [0.25, 0.3) is 0 Å². The van der Waals surface area contributed by atoms with Gasteiger partial charge >= 0.3 is 17.9 Å². The highest BCUT2D eigenvalue weighted by Crippen LogP contribution is 2.19. The van der Waals surface area contributed by atoms with Crippen LogP contribution in [0.5, 0.6) is 0 Å². The first-order chi connectivity index (χ1) is 5.63. The van der Waals surface area contributed by atoms with Crippen molar-refractivity contribution in [3.8, 4) is 0 Å². The molecule has 1 fully saturated rings. The lowest BCUT2D eigenvalue weighted by molar-refractivity contribution is -0.155.